The SMILES string of the molecule is CN(C(C)(C)C)P(Br)(c1ccccc1)(c1ccccc1)c1ccccc1. The van der Waals surface area contributed by atoms with Crippen LogP contribution in [-0.2, 0) is 0 Å². The number of hydrogen-bond acceptors (Lipinski definition) is 1. The molecule has 0 fully saturated rings. The molecule has 0 unspecified atom stereocenters. The van der Waals surface area contributed by atoms with Crippen molar-refractivity contribution in [2.45, 2.75) is 26.3 Å². The van der Waals surface area contributed by atoms with Gasteiger partial charge in [-0.1, -0.05) is 0 Å². The molecule has 0 bridgehead atoms. The molecule has 136 valence electrons. The molecule has 0 heterocycles. The van der Waals surface area contributed by atoms with Crippen molar-refractivity contribution in [3.8, 4) is 0 Å². The van der Waals surface area contributed by atoms with Crippen molar-refractivity contribution < 1.29 is 0 Å². The quantitative estimate of drug-likeness (QED) is 0.498. The molecule has 0 atom stereocenters. The minimum absolute atomic E-state index is 0.0388. The van der Waals surface area contributed by atoms with Crippen LogP contribution in [0, 0.1) is 0 Å². The normalized spacial score (nSPS) is 14.0. The first kappa shape index (κ1) is 19.3. The maximum absolute atomic E-state index is 4.48. The molecule has 3 rings (SSSR count). The molecule has 0 aliphatic carbocycles. The van der Waals surface area contributed by atoms with Crippen molar-refractivity contribution in [1.29, 1.82) is 0 Å². The Morgan fingerprint density at radius 2 is 0.885 bits per heavy atom. The standard InChI is InChI=1S/C23H27BrNP/c1-23(2,3)25(4)26(24,20-14-8-5-9-15-20,21-16-10-6-11-17-21)22-18-12-7-13-19-22/h5-19H,1-4H3. The average Bonchev–Trinajstić information content (AvgIpc) is 2.68. The summed E-state index contributed by atoms with van der Waals surface area (Å²) in [7, 11) is 2.25. The van der Waals surface area contributed by atoms with Crippen LogP contribution >= 0.6 is 20.9 Å². The van der Waals surface area contributed by atoms with Crippen LogP contribution in [-0.4, -0.2) is 17.3 Å². The summed E-state index contributed by atoms with van der Waals surface area (Å²) in [5, 5.41) is 3.94. The van der Waals surface area contributed by atoms with Gasteiger partial charge in [0.15, 0.2) is 0 Å². The molecule has 0 amide bonds. The Morgan fingerprint density at radius 3 is 1.12 bits per heavy atom. The Bertz CT molecular complexity index is 758. The molecule has 3 aromatic carbocycles. The first-order valence-electron chi connectivity index (χ1n) is 8.94. The van der Waals surface area contributed by atoms with E-state index in [0.717, 1.165) is 0 Å². The number of benzene rings is 3. The van der Waals surface area contributed by atoms with Crippen molar-refractivity contribution >= 4 is 36.9 Å². The van der Waals surface area contributed by atoms with Crippen LogP contribution in [0.15, 0.2) is 91.0 Å². The molecule has 0 radical (unpaired) electrons. The Kier molecular flexibility index (Phi) is 5.14. The predicted octanol–water partition coefficient (Wildman–Crippen LogP) is 5.47. The van der Waals surface area contributed by atoms with Gasteiger partial charge >= 0.3 is 166 Å². The second-order valence-electron chi connectivity index (χ2n) is 7.67. The Labute approximate surface area is 165 Å². The molecule has 0 aliphatic heterocycles. The molecule has 26 heavy (non-hydrogen) atoms. The summed E-state index contributed by atoms with van der Waals surface area (Å²) in [5.74, 6) is 0. The van der Waals surface area contributed by atoms with E-state index < -0.39 is 5.46 Å². The zero-order valence-corrected chi connectivity index (χ0v) is 18.4. The number of nitrogens with zero attached hydrogens (tertiary/aromatic N) is 1. The summed E-state index contributed by atoms with van der Waals surface area (Å²) in [5.41, 5.74) is -3.07. The topological polar surface area (TPSA) is 3.24 Å². The van der Waals surface area contributed by atoms with Crippen molar-refractivity contribution in [2.24, 2.45) is 0 Å². The van der Waals surface area contributed by atoms with E-state index >= 15 is 0 Å². The van der Waals surface area contributed by atoms with E-state index in [0.29, 0.717) is 0 Å². The molecule has 3 aromatic rings. The van der Waals surface area contributed by atoms with E-state index in [9.17, 15) is 0 Å². The molecule has 0 spiro atoms. The second-order valence-corrected chi connectivity index (χ2v) is 15.9. The van der Waals surface area contributed by atoms with E-state index in [-0.39, 0.29) is 5.54 Å². The summed E-state index contributed by atoms with van der Waals surface area (Å²) in [4.78, 5) is 0. The average molecular weight is 428 g/mol. The van der Waals surface area contributed by atoms with E-state index in [1.807, 2.05) is 0 Å². The predicted molar refractivity (Wildman–Crippen MR) is 122 cm³/mol. The van der Waals surface area contributed by atoms with Crippen LogP contribution in [0.25, 0.3) is 0 Å². The molecular formula is C23H27BrNP. The van der Waals surface area contributed by atoms with Crippen LogP contribution in [0.2, 0.25) is 0 Å². The van der Waals surface area contributed by atoms with Crippen LogP contribution in [0.3, 0.4) is 0 Å². The van der Waals surface area contributed by atoms with Gasteiger partial charge in [-0.2, -0.15) is 0 Å². The van der Waals surface area contributed by atoms with E-state index in [1.165, 1.54) is 15.9 Å². The molecule has 3 heteroatoms. The Morgan fingerprint density at radius 1 is 0.615 bits per heavy atom. The molecule has 0 aromatic heterocycles. The summed E-state index contributed by atoms with van der Waals surface area (Å²) in [6.07, 6.45) is 0. The fraction of sp³-hybridized carbons (Fsp3) is 0.217. The van der Waals surface area contributed by atoms with Gasteiger partial charge in [-0.25, -0.2) is 0 Å². The number of rotatable bonds is 4. The molecule has 0 aliphatic rings. The third-order valence-electron chi connectivity index (χ3n) is 5.22. The van der Waals surface area contributed by atoms with Gasteiger partial charge in [0.25, 0.3) is 0 Å². The molecular weight excluding hydrogens is 401 g/mol. The van der Waals surface area contributed by atoms with Gasteiger partial charge in [-0.05, 0) is 0 Å². The second kappa shape index (κ2) is 6.93. The third-order valence-corrected chi connectivity index (χ3v) is 15.8. The molecule has 0 saturated carbocycles. The van der Waals surface area contributed by atoms with Gasteiger partial charge in [-0.3, -0.25) is 0 Å². The summed E-state index contributed by atoms with van der Waals surface area (Å²) < 4.78 is 2.55. The zero-order chi connectivity index (χ0) is 18.9. The summed E-state index contributed by atoms with van der Waals surface area (Å²) >= 11 is 4.48. The van der Waals surface area contributed by atoms with Crippen LogP contribution in [0.5, 0.6) is 0 Å². The van der Waals surface area contributed by atoms with Crippen molar-refractivity contribution in [3.63, 3.8) is 0 Å². The van der Waals surface area contributed by atoms with E-state index in [1.54, 1.807) is 0 Å². The fourth-order valence-electron chi connectivity index (χ4n) is 3.63. The van der Waals surface area contributed by atoms with Gasteiger partial charge in [0.05, 0.1) is 0 Å². The van der Waals surface area contributed by atoms with Gasteiger partial charge in [0.1, 0.15) is 0 Å². The van der Waals surface area contributed by atoms with Gasteiger partial charge in [0.2, 0.25) is 0 Å². The molecule has 0 N–H and O–H groups in total. The summed E-state index contributed by atoms with van der Waals surface area (Å²) in [6.45, 7) is 6.85. The summed E-state index contributed by atoms with van der Waals surface area (Å²) in [6, 6.07) is 32.7. The number of hydrogen-bond donors (Lipinski definition) is 0. The number of halogens is 1. The van der Waals surface area contributed by atoms with Gasteiger partial charge in [-0.15, -0.1) is 0 Å². The maximum atomic E-state index is 4.48. The minimum atomic E-state index is -3.03. The van der Waals surface area contributed by atoms with Gasteiger partial charge < -0.3 is 0 Å². The first-order valence-corrected chi connectivity index (χ1v) is 13.2. The third kappa shape index (κ3) is 2.85. The first-order chi connectivity index (χ1) is 12.3. The molecule has 0 saturated heterocycles. The van der Waals surface area contributed by atoms with Crippen molar-refractivity contribution in [1.82, 2.24) is 4.67 Å². The Balaban J connectivity index is 2.52. The van der Waals surface area contributed by atoms with E-state index in [2.05, 4.69) is 139 Å². The zero-order valence-electron chi connectivity index (χ0n) is 15.9. The van der Waals surface area contributed by atoms with Crippen molar-refractivity contribution in [2.75, 3.05) is 7.05 Å². The fourth-order valence-corrected chi connectivity index (χ4v) is 12.4. The van der Waals surface area contributed by atoms with Gasteiger partial charge in [0, 0.05) is 0 Å². The molecule has 1 nitrogen and oxygen atoms in total. The van der Waals surface area contributed by atoms with Crippen molar-refractivity contribution in [3.05, 3.63) is 91.0 Å². The van der Waals surface area contributed by atoms with E-state index in [4.69, 9.17) is 0 Å². The van der Waals surface area contributed by atoms with Crippen LogP contribution in [0.1, 0.15) is 20.8 Å². The monoisotopic (exact) mass is 427 g/mol. The van der Waals surface area contributed by atoms with Crippen LogP contribution in [0.4, 0.5) is 0 Å². The Hall–Kier alpha value is -1.47. The van der Waals surface area contributed by atoms with Crippen LogP contribution < -0.4 is 15.9 Å².